The third-order valence-corrected chi connectivity index (χ3v) is 8.51. The number of hydrogen-bond donors (Lipinski definition) is 0. The van der Waals surface area contributed by atoms with E-state index in [9.17, 15) is 4.79 Å². The summed E-state index contributed by atoms with van der Waals surface area (Å²) in [5.41, 5.74) is 5.41. The highest BCUT2D eigenvalue weighted by molar-refractivity contribution is 6.31. The molecule has 4 heteroatoms. The van der Waals surface area contributed by atoms with Crippen LogP contribution in [0.5, 0.6) is 5.75 Å². The van der Waals surface area contributed by atoms with Crippen molar-refractivity contribution in [2.75, 3.05) is 19.7 Å². The Bertz CT molecular complexity index is 1290. The molecule has 3 nitrogen and oxygen atoms in total. The molecule has 0 amide bonds. The Labute approximate surface area is 240 Å². The highest BCUT2D eigenvalue weighted by Crippen LogP contribution is 2.37. The van der Waals surface area contributed by atoms with Crippen molar-refractivity contribution in [3.05, 3.63) is 64.2 Å². The molecule has 0 spiro atoms. The fraction of sp³-hybridized carbons (Fsp3) is 0.514. The summed E-state index contributed by atoms with van der Waals surface area (Å²) in [6.45, 7) is 15.6. The van der Waals surface area contributed by atoms with Crippen molar-refractivity contribution in [3.63, 3.8) is 0 Å². The molecule has 3 aromatic carbocycles. The molecule has 2 heterocycles. The molecule has 2 atom stereocenters. The maximum absolute atomic E-state index is 12.2. The summed E-state index contributed by atoms with van der Waals surface area (Å²) in [7, 11) is 0. The molecule has 5 rings (SSSR count). The number of benzene rings is 3. The topological polar surface area (TPSA) is 29.5 Å². The molecule has 39 heavy (non-hydrogen) atoms. The van der Waals surface area contributed by atoms with E-state index in [1.54, 1.807) is 6.92 Å². The third-order valence-electron chi connectivity index (χ3n) is 8.11. The fourth-order valence-corrected chi connectivity index (χ4v) is 6.33. The van der Waals surface area contributed by atoms with E-state index in [0.29, 0.717) is 18.4 Å². The lowest BCUT2D eigenvalue weighted by Crippen LogP contribution is -2.49. The number of nitrogens with zero attached hydrogens (tertiary/aromatic N) is 1. The number of carbonyl (C=O) groups is 1. The van der Waals surface area contributed by atoms with Gasteiger partial charge in [0, 0.05) is 23.4 Å². The molecule has 0 N–H and O–H groups in total. The summed E-state index contributed by atoms with van der Waals surface area (Å²) in [4.78, 5) is 14.9. The maximum atomic E-state index is 12.2. The van der Waals surface area contributed by atoms with Gasteiger partial charge in [-0.25, -0.2) is 0 Å². The SMILES string of the molecule is CC(=O)Cc1c(-c2ccc(C)c(Cl)c2)cc2ccc(OCC3CCCN4CCCCC34)cc2c1C.CC(C)C. The van der Waals surface area contributed by atoms with Crippen LogP contribution in [0.1, 0.15) is 76.5 Å². The molecular formula is C35H46ClNO2. The van der Waals surface area contributed by atoms with Crippen molar-refractivity contribution in [1.29, 1.82) is 0 Å². The van der Waals surface area contributed by atoms with E-state index in [4.69, 9.17) is 16.3 Å². The Morgan fingerprint density at radius 2 is 1.74 bits per heavy atom. The highest BCUT2D eigenvalue weighted by Gasteiger charge is 2.33. The largest absolute Gasteiger partial charge is 0.493 e. The molecule has 2 saturated heterocycles. The molecule has 0 radical (unpaired) electrons. The summed E-state index contributed by atoms with van der Waals surface area (Å²) < 4.78 is 6.41. The van der Waals surface area contributed by atoms with E-state index >= 15 is 0 Å². The molecule has 2 aliphatic heterocycles. The van der Waals surface area contributed by atoms with Crippen molar-refractivity contribution in [2.24, 2.45) is 11.8 Å². The monoisotopic (exact) mass is 547 g/mol. The molecule has 2 aliphatic rings. The lowest BCUT2D eigenvalue weighted by Gasteiger charge is -2.44. The van der Waals surface area contributed by atoms with Crippen LogP contribution >= 0.6 is 11.6 Å². The van der Waals surface area contributed by atoms with Gasteiger partial charge >= 0.3 is 0 Å². The van der Waals surface area contributed by atoms with Crippen LogP contribution < -0.4 is 4.74 Å². The molecule has 0 bridgehead atoms. The van der Waals surface area contributed by atoms with Gasteiger partial charge in [-0.3, -0.25) is 9.69 Å². The summed E-state index contributed by atoms with van der Waals surface area (Å²) in [5, 5.41) is 3.06. The lowest BCUT2D eigenvalue weighted by atomic mass is 9.84. The van der Waals surface area contributed by atoms with Crippen LogP contribution in [0.15, 0.2) is 42.5 Å². The number of fused-ring (bicyclic) bond motifs is 2. The standard InChI is InChI=1S/C31H36ClNO2.C4H10/c1-20-9-10-24(17-30(20)32)29-16-23-11-12-26(18-27(23)22(3)28(29)15-21(2)34)35-19-25-7-6-14-33-13-5-4-8-31(25)33;1-4(2)3/h9-12,16-18,25,31H,4-8,13-15,19H2,1-3H3;4H,1-3H3. The number of ether oxygens (including phenoxy) is 1. The number of piperidine rings is 2. The number of carbonyl (C=O) groups excluding carboxylic acids is 1. The molecule has 2 fully saturated rings. The Hall–Kier alpha value is -2.36. The average Bonchev–Trinajstić information content (AvgIpc) is 2.90. The Balaban J connectivity index is 0.000000826. The summed E-state index contributed by atoms with van der Waals surface area (Å²) in [6.07, 6.45) is 6.95. The van der Waals surface area contributed by atoms with Crippen molar-refractivity contribution >= 4 is 28.2 Å². The van der Waals surface area contributed by atoms with Gasteiger partial charge in [0.1, 0.15) is 11.5 Å². The van der Waals surface area contributed by atoms with Gasteiger partial charge in [-0.05, 0) is 128 Å². The second kappa shape index (κ2) is 13.3. The minimum Gasteiger partial charge on any atom is -0.493 e. The zero-order valence-corrected chi connectivity index (χ0v) is 25.5. The van der Waals surface area contributed by atoms with E-state index in [1.165, 1.54) is 45.2 Å². The van der Waals surface area contributed by atoms with E-state index in [1.807, 2.05) is 19.1 Å². The van der Waals surface area contributed by atoms with Crippen LogP contribution in [0.4, 0.5) is 0 Å². The first-order chi connectivity index (χ1) is 18.6. The van der Waals surface area contributed by atoms with E-state index in [-0.39, 0.29) is 5.78 Å². The van der Waals surface area contributed by atoms with Crippen LogP contribution in [-0.2, 0) is 11.2 Å². The number of Topliss-reactive ketones (excluding diaryl/α,β-unsaturated/α-hetero) is 1. The predicted molar refractivity (Wildman–Crippen MR) is 166 cm³/mol. The second-order valence-electron chi connectivity index (χ2n) is 12.3. The lowest BCUT2D eigenvalue weighted by molar-refractivity contribution is -0.116. The van der Waals surface area contributed by atoms with Crippen LogP contribution in [0, 0.1) is 25.7 Å². The van der Waals surface area contributed by atoms with Crippen LogP contribution in [0.25, 0.3) is 21.9 Å². The maximum Gasteiger partial charge on any atom is 0.134 e. The van der Waals surface area contributed by atoms with Crippen molar-refractivity contribution in [2.45, 2.75) is 86.1 Å². The van der Waals surface area contributed by atoms with Crippen molar-refractivity contribution in [1.82, 2.24) is 4.90 Å². The average molecular weight is 548 g/mol. The zero-order valence-electron chi connectivity index (χ0n) is 24.8. The number of aryl methyl sites for hydroxylation is 2. The number of halogens is 1. The van der Waals surface area contributed by atoms with Gasteiger partial charge in [0.2, 0.25) is 0 Å². The van der Waals surface area contributed by atoms with Crippen molar-refractivity contribution < 1.29 is 9.53 Å². The molecule has 2 unspecified atom stereocenters. The van der Waals surface area contributed by atoms with E-state index < -0.39 is 0 Å². The van der Waals surface area contributed by atoms with Crippen LogP contribution in [0.2, 0.25) is 5.02 Å². The van der Waals surface area contributed by atoms with Gasteiger partial charge < -0.3 is 4.74 Å². The number of hydrogen-bond acceptors (Lipinski definition) is 3. The Morgan fingerprint density at radius 1 is 1.00 bits per heavy atom. The fourth-order valence-electron chi connectivity index (χ4n) is 6.15. The first-order valence-electron chi connectivity index (χ1n) is 14.8. The third kappa shape index (κ3) is 7.44. The number of ketones is 1. The van der Waals surface area contributed by atoms with Gasteiger partial charge in [-0.1, -0.05) is 57.0 Å². The molecule has 0 aromatic heterocycles. The predicted octanol–water partition coefficient (Wildman–Crippen LogP) is 9.21. The second-order valence-corrected chi connectivity index (χ2v) is 12.7. The first kappa shape index (κ1) is 29.6. The minimum atomic E-state index is 0.161. The molecule has 0 aliphatic carbocycles. The molecule has 0 saturated carbocycles. The molecule has 210 valence electrons. The van der Waals surface area contributed by atoms with Gasteiger partial charge in [-0.15, -0.1) is 0 Å². The summed E-state index contributed by atoms with van der Waals surface area (Å²) >= 11 is 6.46. The normalized spacial score (nSPS) is 19.4. The zero-order chi connectivity index (χ0) is 28.1. The summed E-state index contributed by atoms with van der Waals surface area (Å²) in [5.74, 6) is 2.53. The smallest absolute Gasteiger partial charge is 0.134 e. The Kier molecular flexibility index (Phi) is 10.1. The van der Waals surface area contributed by atoms with E-state index in [0.717, 1.165) is 61.9 Å². The number of rotatable bonds is 6. The van der Waals surface area contributed by atoms with Gasteiger partial charge in [0.25, 0.3) is 0 Å². The molecular weight excluding hydrogens is 502 g/mol. The quantitative estimate of drug-likeness (QED) is 0.308. The first-order valence-corrected chi connectivity index (χ1v) is 15.2. The Morgan fingerprint density at radius 3 is 2.46 bits per heavy atom. The minimum absolute atomic E-state index is 0.161. The van der Waals surface area contributed by atoms with Gasteiger partial charge in [0.05, 0.1) is 6.61 Å². The van der Waals surface area contributed by atoms with Crippen LogP contribution in [0.3, 0.4) is 0 Å². The van der Waals surface area contributed by atoms with E-state index in [2.05, 4.69) is 62.9 Å². The van der Waals surface area contributed by atoms with Gasteiger partial charge in [0.15, 0.2) is 0 Å². The summed E-state index contributed by atoms with van der Waals surface area (Å²) in [6, 6.07) is 15.5. The molecule has 3 aromatic rings. The highest BCUT2D eigenvalue weighted by atomic mass is 35.5. The van der Waals surface area contributed by atoms with Crippen LogP contribution in [-0.4, -0.2) is 36.4 Å². The van der Waals surface area contributed by atoms with Gasteiger partial charge in [-0.2, -0.15) is 0 Å². The van der Waals surface area contributed by atoms with Crippen molar-refractivity contribution in [3.8, 4) is 16.9 Å².